The Labute approximate surface area is 84.3 Å². The summed E-state index contributed by atoms with van der Waals surface area (Å²) in [6.07, 6.45) is 0. The van der Waals surface area contributed by atoms with E-state index in [0.717, 1.165) is 11.6 Å². The Balaban J connectivity index is 2.64. The number of rotatable bonds is 3. The van der Waals surface area contributed by atoms with Gasteiger partial charge in [0.1, 0.15) is 12.4 Å². The van der Waals surface area contributed by atoms with Gasteiger partial charge in [0.2, 0.25) is 0 Å². The van der Waals surface area contributed by atoms with Crippen molar-refractivity contribution >= 4 is 0 Å². The molecule has 0 unspecified atom stereocenters. The summed E-state index contributed by atoms with van der Waals surface area (Å²) >= 11 is 0. The number of nitrogens with zero attached hydrogens (tertiary/aromatic N) is 3. The summed E-state index contributed by atoms with van der Waals surface area (Å²) in [7, 11) is 1.89. The van der Waals surface area contributed by atoms with Gasteiger partial charge in [-0.05, 0) is 20.8 Å². The van der Waals surface area contributed by atoms with Crippen molar-refractivity contribution in [1.82, 2.24) is 14.8 Å². The number of ether oxygens (including phenoxy) is 1. The van der Waals surface area contributed by atoms with Crippen LogP contribution in [0.2, 0.25) is 0 Å². The van der Waals surface area contributed by atoms with Gasteiger partial charge in [-0.1, -0.05) is 0 Å². The van der Waals surface area contributed by atoms with E-state index in [1.807, 2.05) is 32.4 Å². The van der Waals surface area contributed by atoms with Crippen LogP contribution in [0.25, 0.3) is 0 Å². The minimum absolute atomic E-state index is 0.158. The SMILES string of the molecule is Cn1c(CN)nnc1COC(C)(C)C. The van der Waals surface area contributed by atoms with Crippen molar-refractivity contribution in [2.24, 2.45) is 12.8 Å². The fourth-order valence-electron chi connectivity index (χ4n) is 0.983. The smallest absolute Gasteiger partial charge is 0.158 e. The van der Waals surface area contributed by atoms with Crippen LogP contribution in [0.1, 0.15) is 32.4 Å². The third-order valence-electron chi connectivity index (χ3n) is 1.87. The van der Waals surface area contributed by atoms with Crippen LogP contribution in [0, 0.1) is 0 Å². The van der Waals surface area contributed by atoms with E-state index in [0.29, 0.717) is 13.2 Å². The molecule has 5 heteroatoms. The van der Waals surface area contributed by atoms with Gasteiger partial charge in [0.05, 0.1) is 12.1 Å². The lowest BCUT2D eigenvalue weighted by Crippen LogP contribution is -2.20. The van der Waals surface area contributed by atoms with Gasteiger partial charge in [-0.15, -0.1) is 10.2 Å². The number of aromatic nitrogens is 3. The van der Waals surface area contributed by atoms with Gasteiger partial charge in [-0.2, -0.15) is 0 Å². The normalized spacial score (nSPS) is 12.1. The molecule has 0 fully saturated rings. The first kappa shape index (κ1) is 11.1. The highest BCUT2D eigenvalue weighted by atomic mass is 16.5. The minimum atomic E-state index is -0.158. The molecule has 1 aromatic heterocycles. The van der Waals surface area contributed by atoms with Crippen LogP contribution < -0.4 is 5.73 Å². The van der Waals surface area contributed by atoms with Gasteiger partial charge >= 0.3 is 0 Å². The molecule has 0 saturated heterocycles. The fraction of sp³-hybridized carbons (Fsp3) is 0.778. The van der Waals surface area contributed by atoms with E-state index in [1.165, 1.54) is 0 Å². The van der Waals surface area contributed by atoms with Crippen LogP contribution in [0.5, 0.6) is 0 Å². The van der Waals surface area contributed by atoms with E-state index >= 15 is 0 Å². The molecule has 0 aliphatic heterocycles. The molecule has 0 aliphatic carbocycles. The second-order valence-corrected chi connectivity index (χ2v) is 4.20. The highest BCUT2D eigenvalue weighted by Gasteiger charge is 2.13. The Morgan fingerprint density at radius 2 is 1.86 bits per heavy atom. The van der Waals surface area contributed by atoms with E-state index in [4.69, 9.17) is 10.5 Å². The molecule has 0 aliphatic rings. The van der Waals surface area contributed by atoms with E-state index in [-0.39, 0.29) is 5.60 Å². The average molecular weight is 198 g/mol. The van der Waals surface area contributed by atoms with Gasteiger partial charge in [0.15, 0.2) is 5.82 Å². The Morgan fingerprint density at radius 1 is 1.29 bits per heavy atom. The monoisotopic (exact) mass is 198 g/mol. The lowest BCUT2D eigenvalue weighted by atomic mass is 10.2. The van der Waals surface area contributed by atoms with Crippen LogP contribution in [0.4, 0.5) is 0 Å². The molecule has 5 nitrogen and oxygen atoms in total. The third kappa shape index (κ3) is 2.78. The van der Waals surface area contributed by atoms with Crippen molar-refractivity contribution in [3.8, 4) is 0 Å². The molecular formula is C9H18N4O. The molecule has 2 N–H and O–H groups in total. The van der Waals surface area contributed by atoms with Gasteiger partial charge in [-0.25, -0.2) is 0 Å². The summed E-state index contributed by atoms with van der Waals surface area (Å²) in [6.45, 7) is 6.89. The number of hydrogen-bond acceptors (Lipinski definition) is 4. The predicted molar refractivity (Wildman–Crippen MR) is 53.4 cm³/mol. The van der Waals surface area contributed by atoms with Crippen LogP contribution in [0.15, 0.2) is 0 Å². The van der Waals surface area contributed by atoms with Crippen LogP contribution in [-0.2, 0) is 24.9 Å². The van der Waals surface area contributed by atoms with Crippen molar-refractivity contribution < 1.29 is 4.74 Å². The Hall–Kier alpha value is -0.940. The lowest BCUT2D eigenvalue weighted by Gasteiger charge is -2.18. The molecule has 0 amide bonds. The Bertz CT molecular complexity index is 300. The Kier molecular flexibility index (Phi) is 3.23. The summed E-state index contributed by atoms with van der Waals surface area (Å²) < 4.78 is 7.46. The quantitative estimate of drug-likeness (QED) is 0.772. The van der Waals surface area contributed by atoms with E-state index in [2.05, 4.69) is 10.2 Å². The molecule has 14 heavy (non-hydrogen) atoms. The second kappa shape index (κ2) is 4.06. The van der Waals surface area contributed by atoms with Crippen LogP contribution >= 0.6 is 0 Å². The molecule has 0 atom stereocenters. The van der Waals surface area contributed by atoms with Crippen LogP contribution in [-0.4, -0.2) is 20.4 Å². The first-order chi connectivity index (χ1) is 6.44. The van der Waals surface area contributed by atoms with Crippen LogP contribution in [0.3, 0.4) is 0 Å². The molecule has 0 radical (unpaired) electrons. The van der Waals surface area contributed by atoms with E-state index in [9.17, 15) is 0 Å². The van der Waals surface area contributed by atoms with Crippen molar-refractivity contribution in [3.63, 3.8) is 0 Å². The first-order valence-electron chi connectivity index (χ1n) is 4.65. The first-order valence-corrected chi connectivity index (χ1v) is 4.65. The molecule has 0 aromatic carbocycles. The molecule has 1 aromatic rings. The topological polar surface area (TPSA) is 66.0 Å². The number of hydrogen-bond donors (Lipinski definition) is 1. The average Bonchev–Trinajstić information content (AvgIpc) is 2.42. The van der Waals surface area contributed by atoms with Crippen molar-refractivity contribution in [3.05, 3.63) is 11.6 Å². The maximum atomic E-state index is 5.59. The zero-order valence-corrected chi connectivity index (χ0v) is 9.24. The van der Waals surface area contributed by atoms with Crippen molar-refractivity contribution in [2.45, 2.75) is 39.5 Å². The largest absolute Gasteiger partial charge is 0.368 e. The minimum Gasteiger partial charge on any atom is -0.368 e. The van der Waals surface area contributed by atoms with Crippen molar-refractivity contribution in [1.29, 1.82) is 0 Å². The van der Waals surface area contributed by atoms with Crippen molar-refractivity contribution in [2.75, 3.05) is 0 Å². The molecule has 0 spiro atoms. The van der Waals surface area contributed by atoms with E-state index in [1.54, 1.807) is 0 Å². The highest BCUT2D eigenvalue weighted by molar-refractivity contribution is 4.93. The molecule has 1 heterocycles. The van der Waals surface area contributed by atoms with Gasteiger partial charge in [0, 0.05) is 7.05 Å². The zero-order chi connectivity index (χ0) is 10.8. The summed E-state index contributed by atoms with van der Waals surface area (Å²) in [4.78, 5) is 0. The second-order valence-electron chi connectivity index (χ2n) is 4.20. The molecule has 0 saturated carbocycles. The zero-order valence-electron chi connectivity index (χ0n) is 9.24. The standard InChI is InChI=1S/C9H18N4O/c1-9(2,3)14-6-8-12-11-7(5-10)13(8)4/h5-6,10H2,1-4H3. The molecular weight excluding hydrogens is 180 g/mol. The highest BCUT2D eigenvalue weighted by Crippen LogP contribution is 2.10. The summed E-state index contributed by atoms with van der Waals surface area (Å²) in [5, 5.41) is 7.94. The van der Waals surface area contributed by atoms with Gasteiger partial charge in [0.25, 0.3) is 0 Å². The third-order valence-corrected chi connectivity index (χ3v) is 1.87. The summed E-state index contributed by atoms with van der Waals surface area (Å²) in [5.74, 6) is 1.58. The maximum absolute atomic E-state index is 5.59. The predicted octanol–water partition coefficient (Wildman–Crippen LogP) is 0.589. The summed E-state index contributed by atoms with van der Waals surface area (Å²) in [5.41, 5.74) is 5.32. The summed E-state index contributed by atoms with van der Waals surface area (Å²) in [6, 6.07) is 0. The lowest BCUT2D eigenvalue weighted by molar-refractivity contribution is -0.0191. The fourth-order valence-corrected chi connectivity index (χ4v) is 0.983. The van der Waals surface area contributed by atoms with Gasteiger partial charge in [-0.3, -0.25) is 0 Å². The maximum Gasteiger partial charge on any atom is 0.158 e. The van der Waals surface area contributed by atoms with E-state index < -0.39 is 0 Å². The molecule has 0 bridgehead atoms. The number of nitrogens with two attached hydrogens (primary N) is 1. The molecule has 1 rings (SSSR count). The van der Waals surface area contributed by atoms with Gasteiger partial charge < -0.3 is 15.0 Å². The Morgan fingerprint density at radius 3 is 2.29 bits per heavy atom. The molecule has 80 valence electrons.